The van der Waals surface area contributed by atoms with Crippen LogP contribution in [-0.4, -0.2) is 36.1 Å². The fourth-order valence-electron chi connectivity index (χ4n) is 2.55. The lowest BCUT2D eigenvalue weighted by Crippen LogP contribution is -2.33. The second-order valence-corrected chi connectivity index (χ2v) is 6.88. The molecule has 0 saturated heterocycles. The highest BCUT2D eigenvalue weighted by molar-refractivity contribution is 7.99. The van der Waals surface area contributed by atoms with Gasteiger partial charge in [0.1, 0.15) is 5.75 Å². The highest BCUT2D eigenvalue weighted by Crippen LogP contribution is 2.32. The van der Waals surface area contributed by atoms with Crippen LogP contribution in [0.25, 0.3) is 0 Å². The third-order valence-electron chi connectivity index (χ3n) is 3.66. The van der Waals surface area contributed by atoms with Gasteiger partial charge in [0.15, 0.2) is 17.9 Å². The Balaban J connectivity index is 1.78. The van der Waals surface area contributed by atoms with Crippen LogP contribution in [0.5, 0.6) is 5.75 Å². The van der Waals surface area contributed by atoms with Gasteiger partial charge in [-0.3, -0.25) is 0 Å². The first-order chi connectivity index (χ1) is 12.0. The van der Waals surface area contributed by atoms with Crippen molar-refractivity contribution in [1.82, 2.24) is 0 Å². The lowest BCUT2D eigenvalue weighted by Gasteiger charge is -2.32. The van der Waals surface area contributed by atoms with Gasteiger partial charge in [0, 0.05) is 23.7 Å². The molecule has 0 aromatic heterocycles. The Bertz CT molecular complexity index is 698. The molecule has 2 aliphatic rings. The van der Waals surface area contributed by atoms with Gasteiger partial charge in [-0.1, -0.05) is 6.92 Å². The van der Waals surface area contributed by atoms with E-state index in [0.29, 0.717) is 0 Å². The summed E-state index contributed by atoms with van der Waals surface area (Å²) in [7, 11) is 0. The zero-order valence-corrected chi connectivity index (χ0v) is 14.5. The Morgan fingerprint density at radius 1 is 1.28 bits per heavy atom. The number of thioether (sulfide) groups is 1. The summed E-state index contributed by atoms with van der Waals surface area (Å²) in [4.78, 5) is 11.1. The molecule has 8 heteroatoms. The number of hydrogen-bond acceptors (Lipinski definition) is 5. The van der Waals surface area contributed by atoms with Crippen LogP contribution < -0.4 is 9.64 Å². The molecular weight excluding hydrogens is 351 g/mol. The number of anilines is 1. The number of nitrogens with zero attached hydrogens (tertiary/aromatic N) is 3. The predicted molar refractivity (Wildman–Crippen MR) is 95.6 cm³/mol. The molecule has 25 heavy (non-hydrogen) atoms. The molecule has 3 rings (SSSR count). The summed E-state index contributed by atoms with van der Waals surface area (Å²) in [5.41, 5.74) is 1.80. The number of hydrogen-bond donors (Lipinski definition) is 0. The summed E-state index contributed by atoms with van der Waals surface area (Å²) in [5.74, 6) is 1.85. The van der Waals surface area contributed by atoms with Gasteiger partial charge in [-0.2, -0.15) is 13.2 Å². The third kappa shape index (κ3) is 4.56. The standard InChI is InChI=1S/C17H18F3N3OS/c1-2-25-16-22-15-12(4-3-9-21-15)10-23(16)13-5-7-14(8-6-13)24-11-17(18,19)20/h5-10,16H,2-4,11H2,1H3. The fraction of sp³-hybridized carbons (Fsp3) is 0.412. The molecule has 1 atom stereocenters. The quantitative estimate of drug-likeness (QED) is 0.759. The van der Waals surface area contributed by atoms with Crippen molar-refractivity contribution in [3.05, 3.63) is 36.0 Å². The largest absolute Gasteiger partial charge is 0.484 e. The first kappa shape index (κ1) is 17.8. The SMILES string of the molecule is CCSC1N=C2N=CCCC2=CN1c1ccc(OCC(F)(F)F)cc1. The summed E-state index contributed by atoms with van der Waals surface area (Å²) in [6.07, 6.45) is 1.35. The van der Waals surface area contributed by atoms with E-state index >= 15 is 0 Å². The minimum Gasteiger partial charge on any atom is -0.484 e. The zero-order chi connectivity index (χ0) is 17.9. The number of fused-ring (bicyclic) bond motifs is 1. The number of rotatable bonds is 5. The van der Waals surface area contributed by atoms with Gasteiger partial charge < -0.3 is 9.64 Å². The molecule has 1 aromatic rings. The molecule has 0 bridgehead atoms. The lowest BCUT2D eigenvalue weighted by atomic mass is 10.1. The third-order valence-corrected chi connectivity index (χ3v) is 4.63. The van der Waals surface area contributed by atoms with E-state index in [1.54, 1.807) is 36.0 Å². The molecule has 0 saturated carbocycles. The van der Waals surface area contributed by atoms with Gasteiger partial charge in [0.05, 0.1) is 0 Å². The maximum Gasteiger partial charge on any atom is 0.422 e. The molecule has 134 valence electrons. The van der Waals surface area contributed by atoms with Crippen molar-refractivity contribution in [3.63, 3.8) is 0 Å². The van der Waals surface area contributed by atoms with Crippen molar-refractivity contribution in [3.8, 4) is 5.75 Å². The molecule has 2 heterocycles. The summed E-state index contributed by atoms with van der Waals surface area (Å²) in [6.45, 7) is 0.764. The van der Waals surface area contributed by atoms with Crippen molar-refractivity contribution >= 4 is 29.5 Å². The molecule has 4 nitrogen and oxygen atoms in total. The Morgan fingerprint density at radius 2 is 2.04 bits per heavy atom. The van der Waals surface area contributed by atoms with Crippen LogP contribution in [-0.2, 0) is 0 Å². The van der Waals surface area contributed by atoms with Crippen LogP contribution in [0.2, 0.25) is 0 Å². The summed E-state index contributed by atoms with van der Waals surface area (Å²) < 4.78 is 41.5. The topological polar surface area (TPSA) is 37.2 Å². The molecule has 1 aromatic carbocycles. The Labute approximate surface area is 148 Å². The second-order valence-electron chi connectivity index (χ2n) is 5.54. The maximum atomic E-state index is 12.2. The van der Waals surface area contributed by atoms with Crippen LogP contribution in [0, 0.1) is 0 Å². The Kier molecular flexibility index (Phi) is 5.36. The molecular formula is C17H18F3N3OS. The molecule has 0 fully saturated rings. The minimum atomic E-state index is -4.34. The van der Waals surface area contributed by atoms with Gasteiger partial charge in [-0.05, 0) is 42.9 Å². The smallest absolute Gasteiger partial charge is 0.422 e. The average molecular weight is 369 g/mol. The maximum absolute atomic E-state index is 12.2. The minimum absolute atomic E-state index is 0.138. The van der Waals surface area contributed by atoms with Crippen LogP contribution in [0.1, 0.15) is 19.8 Å². The number of ether oxygens (including phenoxy) is 1. The van der Waals surface area contributed by atoms with Gasteiger partial charge in [-0.25, -0.2) is 9.98 Å². The highest BCUT2D eigenvalue weighted by atomic mass is 32.2. The molecule has 2 aliphatic heterocycles. The van der Waals surface area contributed by atoms with Crippen LogP contribution >= 0.6 is 11.8 Å². The highest BCUT2D eigenvalue weighted by Gasteiger charge is 2.29. The van der Waals surface area contributed by atoms with Crippen molar-refractivity contribution in [1.29, 1.82) is 0 Å². The van der Waals surface area contributed by atoms with E-state index in [2.05, 4.69) is 11.9 Å². The van der Waals surface area contributed by atoms with E-state index in [1.807, 2.05) is 17.3 Å². The number of benzene rings is 1. The van der Waals surface area contributed by atoms with E-state index < -0.39 is 12.8 Å². The molecule has 0 radical (unpaired) electrons. The van der Waals surface area contributed by atoms with E-state index in [4.69, 9.17) is 9.73 Å². The average Bonchev–Trinajstić information content (AvgIpc) is 2.59. The number of alkyl halides is 3. The molecule has 0 spiro atoms. The monoisotopic (exact) mass is 369 g/mol. The summed E-state index contributed by atoms with van der Waals surface area (Å²) in [6, 6.07) is 6.59. The van der Waals surface area contributed by atoms with Crippen LogP contribution in [0.15, 0.2) is 46.0 Å². The Morgan fingerprint density at radius 3 is 2.72 bits per heavy atom. The van der Waals surface area contributed by atoms with Gasteiger partial charge >= 0.3 is 6.18 Å². The lowest BCUT2D eigenvalue weighted by molar-refractivity contribution is -0.153. The zero-order valence-electron chi connectivity index (χ0n) is 13.7. The predicted octanol–water partition coefficient (Wildman–Crippen LogP) is 4.63. The van der Waals surface area contributed by atoms with Crippen molar-refractivity contribution in [2.75, 3.05) is 17.3 Å². The van der Waals surface area contributed by atoms with E-state index in [1.165, 1.54) is 0 Å². The van der Waals surface area contributed by atoms with Crippen molar-refractivity contribution in [2.24, 2.45) is 9.98 Å². The van der Waals surface area contributed by atoms with E-state index in [-0.39, 0.29) is 11.2 Å². The van der Waals surface area contributed by atoms with Crippen LogP contribution in [0.4, 0.5) is 18.9 Å². The van der Waals surface area contributed by atoms with Gasteiger partial charge in [-0.15, -0.1) is 11.8 Å². The first-order valence-corrected chi connectivity index (χ1v) is 9.02. The second kappa shape index (κ2) is 7.51. The molecule has 0 aliphatic carbocycles. The number of amidine groups is 1. The fourth-order valence-corrected chi connectivity index (χ4v) is 3.37. The number of halogens is 3. The summed E-state index contributed by atoms with van der Waals surface area (Å²) >= 11 is 1.67. The van der Waals surface area contributed by atoms with Gasteiger partial charge in [0.2, 0.25) is 0 Å². The first-order valence-electron chi connectivity index (χ1n) is 7.97. The van der Waals surface area contributed by atoms with Crippen molar-refractivity contribution in [2.45, 2.75) is 31.4 Å². The van der Waals surface area contributed by atoms with E-state index in [9.17, 15) is 13.2 Å². The van der Waals surface area contributed by atoms with Crippen LogP contribution in [0.3, 0.4) is 0 Å². The van der Waals surface area contributed by atoms with Crippen molar-refractivity contribution < 1.29 is 17.9 Å². The summed E-state index contributed by atoms with van der Waals surface area (Å²) in [5, 5.41) is 0. The Hall–Kier alpha value is -1.96. The molecule has 0 amide bonds. The van der Waals surface area contributed by atoms with Gasteiger partial charge in [0.25, 0.3) is 0 Å². The molecule has 0 N–H and O–H groups in total. The molecule has 1 unspecified atom stereocenters. The van der Waals surface area contributed by atoms with E-state index in [0.717, 1.165) is 35.7 Å². The number of aliphatic imine (C=N–C) groups is 2. The normalized spacial score (nSPS) is 20.0.